The lowest BCUT2D eigenvalue weighted by atomic mass is 10.3. The highest BCUT2D eigenvalue weighted by atomic mass is 19.4. The number of aryl methyl sites for hydroxylation is 2. The second kappa shape index (κ2) is 5.23. The van der Waals surface area contributed by atoms with Crippen molar-refractivity contribution in [1.29, 1.82) is 0 Å². The Labute approximate surface area is 101 Å². The van der Waals surface area contributed by atoms with E-state index in [1.165, 1.54) is 11.6 Å². The van der Waals surface area contributed by atoms with Gasteiger partial charge in [0, 0.05) is 13.1 Å². The predicted octanol–water partition coefficient (Wildman–Crippen LogP) is 2.48. The fraction of sp³-hybridized carbons (Fsp3) is 0.667. The van der Waals surface area contributed by atoms with E-state index in [2.05, 4.69) is 10.4 Å². The summed E-state index contributed by atoms with van der Waals surface area (Å²) in [6.07, 6.45) is -5.36. The molecule has 0 bridgehead atoms. The molecule has 0 radical (unpaired) electrons. The van der Waals surface area contributed by atoms with Gasteiger partial charge in [0.05, 0.1) is 11.3 Å². The number of nitro groups is 1. The van der Waals surface area contributed by atoms with E-state index in [9.17, 15) is 23.3 Å². The van der Waals surface area contributed by atoms with Crippen LogP contribution in [0.15, 0.2) is 0 Å². The molecule has 0 unspecified atom stereocenters. The minimum Gasteiger partial charge on any atom is -0.364 e. The average Bonchev–Trinajstić information content (AvgIpc) is 2.53. The Balaban J connectivity index is 2.89. The summed E-state index contributed by atoms with van der Waals surface area (Å²) in [7, 11) is 0. The van der Waals surface area contributed by atoms with Crippen molar-refractivity contribution >= 4 is 11.5 Å². The highest BCUT2D eigenvalue weighted by Crippen LogP contribution is 2.28. The first kappa shape index (κ1) is 14.3. The third-order valence-electron chi connectivity index (χ3n) is 2.28. The summed E-state index contributed by atoms with van der Waals surface area (Å²) in [5.74, 6) is 0.0178. The maximum Gasteiger partial charge on any atom is 0.390 e. The van der Waals surface area contributed by atoms with Crippen molar-refractivity contribution in [3.8, 4) is 0 Å². The monoisotopic (exact) mass is 266 g/mol. The number of aromatic nitrogens is 2. The molecule has 0 atom stereocenters. The molecular weight excluding hydrogens is 253 g/mol. The van der Waals surface area contributed by atoms with Crippen LogP contribution in [0.2, 0.25) is 0 Å². The molecule has 18 heavy (non-hydrogen) atoms. The van der Waals surface area contributed by atoms with E-state index in [1.807, 2.05) is 0 Å². The largest absolute Gasteiger partial charge is 0.390 e. The zero-order valence-electron chi connectivity index (χ0n) is 9.91. The van der Waals surface area contributed by atoms with Gasteiger partial charge in [-0.1, -0.05) is 0 Å². The van der Waals surface area contributed by atoms with Gasteiger partial charge in [-0.25, -0.2) is 4.68 Å². The van der Waals surface area contributed by atoms with Gasteiger partial charge in [-0.2, -0.15) is 18.3 Å². The Morgan fingerprint density at radius 2 is 2.11 bits per heavy atom. The number of nitrogens with zero attached hydrogens (tertiary/aromatic N) is 3. The van der Waals surface area contributed by atoms with Crippen molar-refractivity contribution in [3.05, 3.63) is 15.8 Å². The molecule has 1 aromatic rings. The van der Waals surface area contributed by atoms with Crippen molar-refractivity contribution in [2.45, 2.75) is 33.0 Å². The SMILES string of the molecule is CCn1nc(C)c([N+](=O)[O-])c1NCCC(F)(F)F. The normalized spacial score (nSPS) is 11.6. The molecule has 1 N–H and O–H groups in total. The molecule has 102 valence electrons. The molecule has 9 heteroatoms. The Bertz CT molecular complexity index is 442. The van der Waals surface area contributed by atoms with E-state index in [4.69, 9.17) is 0 Å². The second-order valence-electron chi connectivity index (χ2n) is 3.65. The van der Waals surface area contributed by atoms with Crippen LogP contribution in [-0.2, 0) is 6.54 Å². The fourth-order valence-corrected chi connectivity index (χ4v) is 1.52. The molecule has 6 nitrogen and oxygen atoms in total. The molecule has 1 heterocycles. The molecule has 0 aliphatic carbocycles. The van der Waals surface area contributed by atoms with E-state index < -0.39 is 24.1 Å². The van der Waals surface area contributed by atoms with Gasteiger partial charge in [0.25, 0.3) is 0 Å². The van der Waals surface area contributed by atoms with Gasteiger partial charge in [0.1, 0.15) is 5.69 Å². The smallest absolute Gasteiger partial charge is 0.364 e. The fourth-order valence-electron chi connectivity index (χ4n) is 1.52. The standard InChI is InChI=1S/C9H13F3N4O2/c1-3-15-8(13-5-4-9(10,11)12)7(16(17)18)6(2)14-15/h13H,3-5H2,1-2H3. The topological polar surface area (TPSA) is 73.0 Å². The third-order valence-corrected chi connectivity index (χ3v) is 2.28. The van der Waals surface area contributed by atoms with E-state index in [0.29, 0.717) is 6.54 Å². The number of hydrogen-bond acceptors (Lipinski definition) is 4. The number of alkyl halides is 3. The van der Waals surface area contributed by atoms with Crippen LogP contribution >= 0.6 is 0 Å². The van der Waals surface area contributed by atoms with Crippen LogP contribution < -0.4 is 5.32 Å². The molecule has 0 saturated carbocycles. The van der Waals surface area contributed by atoms with Crippen LogP contribution in [0.3, 0.4) is 0 Å². The molecule has 0 fully saturated rings. The van der Waals surface area contributed by atoms with Gasteiger partial charge in [0.2, 0.25) is 5.82 Å². The molecule has 1 aromatic heterocycles. The lowest BCUT2D eigenvalue weighted by Crippen LogP contribution is -2.17. The highest BCUT2D eigenvalue weighted by Gasteiger charge is 2.29. The maximum absolute atomic E-state index is 12.0. The summed E-state index contributed by atoms with van der Waals surface area (Å²) in [6, 6.07) is 0. The van der Waals surface area contributed by atoms with Gasteiger partial charge >= 0.3 is 11.9 Å². The van der Waals surface area contributed by atoms with Crippen LogP contribution in [0, 0.1) is 17.0 Å². The number of hydrogen-bond donors (Lipinski definition) is 1. The van der Waals surface area contributed by atoms with Crippen molar-refractivity contribution in [2.24, 2.45) is 0 Å². The molecule has 0 aliphatic heterocycles. The van der Waals surface area contributed by atoms with Crippen LogP contribution in [0.5, 0.6) is 0 Å². The maximum atomic E-state index is 12.0. The summed E-state index contributed by atoms with van der Waals surface area (Å²) >= 11 is 0. The lowest BCUT2D eigenvalue weighted by Gasteiger charge is -2.09. The summed E-state index contributed by atoms with van der Waals surface area (Å²) in [4.78, 5) is 10.2. The quantitative estimate of drug-likeness (QED) is 0.656. The number of anilines is 1. The number of nitrogens with one attached hydrogen (secondary N) is 1. The number of halogens is 3. The van der Waals surface area contributed by atoms with Gasteiger partial charge in [-0.05, 0) is 13.8 Å². The summed E-state index contributed by atoms with van der Waals surface area (Å²) in [5.41, 5.74) is -0.101. The first-order valence-electron chi connectivity index (χ1n) is 5.28. The Kier molecular flexibility index (Phi) is 4.15. The highest BCUT2D eigenvalue weighted by molar-refractivity contribution is 5.59. The van der Waals surface area contributed by atoms with E-state index in [0.717, 1.165) is 0 Å². The first-order chi connectivity index (χ1) is 8.26. The van der Waals surface area contributed by atoms with Crippen LogP contribution in [0.4, 0.5) is 24.7 Å². The van der Waals surface area contributed by atoms with Crippen molar-refractivity contribution in [1.82, 2.24) is 9.78 Å². The van der Waals surface area contributed by atoms with Crippen molar-refractivity contribution in [3.63, 3.8) is 0 Å². The molecule has 0 saturated heterocycles. The zero-order valence-corrected chi connectivity index (χ0v) is 9.91. The molecule has 0 spiro atoms. The van der Waals surface area contributed by atoms with Crippen LogP contribution in [0.1, 0.15) is 19.0 Å². The Morgan fingerprint density at radius 1 is 1.50 bits per heavy atom. The molecular formula is C9H13F3N4O2. The predicted molar refractivity (Wildman–Crippen MR) is 58.5 cm³/mol. The van der Waals surface area contributed by atoms with Crippen molar-refractivity contribution in [2.75, 3.05) is 11.9 Å². The van der Waals surface area contributed by atoms with E-state index >= 15 is 0 Å². The van der Waals surface area contributed by atoms with Gasteiger partial charge in [0.15, 0.2) is 0 Å². The van der Waals surface area contributed by atoms with Gasteiger partial charge < -0.3 is 5.32 Å². The van der Waals surface area contributed by atoms with E-state index in [1.54, 1.807) is 6.92 Å². The van der Waals surface area contributed by atoms with Crippen LogP contribution in [0.25, 0.3) is 0 Å². The minimum atomic E-state index is -4.30. The molecule has 0 amide bonds. The second-order valence-corrected chi connectivity index (χ2v) is 3.65. The summed E-state index contributed by atoms with van der Waals surface area (Å²) < 4.78 is 37.3. The van der Waals surface area contributed by atoms with Gasteiger partial charge in [-0.15, -0.1) is 0 Å². The summed E-state index contributed by atoms with van der Waals surface area (Å²) in [5, 5.41) is 17.1. The number of rotatable bonds is 5. The lowest BCUT2D eigenvalue weighted by molar-refractivity contribution is -0.384. The summed E-state index contributed by atoms with van der Waals surface area (Å²) in [6.45, 7) is 3.06. The first-order valence-corrected chi connectivity index (χ1v) is 5.28. The van der Waals surface area contributed by atoms with Crippen molar-refractivity contribution < 1.29 is 18.1 Å². The molecule has 0 aromatic carbocycles. The molecule has 1 rings (SSSR count). The molecule has 0 aliphatic rings. The van der Waals surface area contributed by atoms with Crippen LogP contribution in [-0.4, -0.2) is 27.4 Å². The Morgan fingerprint density at radius 3 is 2.56 bits per heavy atom. The minimum absolute atomic E-state index is 0.0178. The zero-order chi connectivity index (χ0) is 13.9. The third kappa shape index (κ3) is 3.34. The van der Waals surface area contributed by atoms with Gasteiger partial charge in [-0.3, -0.25) is 10.1 Å². The average molecular weight is 266 g/mol. The van der Waals surface area contributed by atoms with E-state index in [-0.39, 0.29) is 17.2 Å². The Hall–Kier alpha value is -1.80.